The fraction of sp³-hybridized carbons (Fsp3) is 0.273. The molecule has 7 nitrogen and oxygen atoms in total. The molecule has 0 saturated carbocycles. The lowest BCUT2D eigenvalue weighted by Crippen LogP contribution is -2.41. The molecular formula is C22H21ClN4O3S. The van der Waals surface area contributed by atoms with Crippen LogP contribution in [0.4, 0.5) is 11.4 Å². The molecule has 9 heteroatoms. The van der Waals surface area contributed by atoms with Crippen LogP contribution in [-0.4, -0.2) is 46.6 Å². The Morgan fingerprint density at radius 3 is 2.84 bits per heavy atom. The van der Waals surface area contributed by atoms with Gasteiger partial charge in [0.15, 0.2) is 5.17 Å². The second-order valence-electron chi connectivity index (χ2n) is 7.03. The molecule has 160 valence electrons. The van der Waals surface area contributed by atoms with Crippen molar-refractivity contribution in [1.29, 1.82) is 0 Å². The van der Waals surface area contributed by atoms with Crippen LogP contribution < -0.4 is 10.1 Å². The Labute approximate surface area is 189 Å². The van der Waals surface area contributed by atoms with Crippen molar-refractivity contribution in [3.63, 3.8) is 0 Å². The van der Waals surface area contributed by atoms with Gasteiger partial charge in [-0.05, 0) is 36.8 Å². The monoisotopic (exact) mass is 456 g/mol. The van der Waals surface area contributed by atoms with Crippen LogP contribution in [0.25, 0.3) is 0 Å². The van der Waals surface area contributed by atoms with E-state index in [-0.39, 0.29) is 17.6 Å². The van der Waals surface area contributed by atoms with E-state index in [4.69, 9.17) is 16.3 Å². The number of ether oxygens (including phenoxy) is 1. The summed E-state index contributed by atoms with van der Waals surface area (Å²) in [7, 11) is 1.53. The van der Waals surface area contributed by atoms with Crippen LogP contribution in [0.1, 0.15) is 25.3 Å². The molecule has 0 unspecified atom stereocenters. The van der Waals surface area contributed by atoms with Crippen LogP contribution >= 0.6 is 23.4 Å². The van der Waals surface area contributed by atoms with E-state index in [0.29, 0.717) is 33.9 Å². The molecule has 0 spiro atoms. The average Bonchev–Trinajstić information content (AvgIpc) is 3.09. The van der Waals surface area contributed by atoms with E-state index in [2.05, 4.69) is 15.3 Å². The maximum atomic E-state index is 13.0. The lowest BCUT2D eigenvalue weighted by atomic mass is 10.1. The fourth-order valence-corrected chi connectivity index (χ4v) is 4.49. The topological polar surface area (TPSA) is 83.4 Å². The predicted molar refractivity (Wildman–Crippen MR) is 125 cm³/mol. The zero-order chi connectivity index (χ0) is 22.0. The molecule has 2 amide bonds. The molecule has 2 aliphatic heterocycles. The van der Waals surface area contributed by atoms with Crippen molar-refractivity contribution in [2.45, 2.75) is 25.8 Å². The zero-order valence-corrected chi connectivity index (χ0v) is 18.7. The van der Waals surface area contributed by atoms with E-state index >= 15 is 0 Å². The first-order valence-corrected chi connectivity index (χ1v) is 11.2. The number of para-hydroxylation sites is 1. The summed E-state index contributed by atoms with van der Waals surface area (Å²) >= 11 is 7.32. The smallest absolute Gasteiger partial charge is 0.259 e. The Bertz CT molecular complexity index is 1100. The number of nitrogens with one attached hydrogen (secondary N) is 1. The number of amidine groups is 2. The first kappa shape index (κ1) is 21.4. The molecule has 2 aromatic rings. The molecule has 0 radical (unpaired) electrons. The number of anilines is 1. The number of halogens is 1. The van der Waals surface area contributed by atoms with Gasteiger partial charge in [0.1, 0.15) is 17.6 Å². The summed E-state index contributed by atoms with van der Waals surface area (Å²) in [6, 6.07) is 12.2. The zero-order valence-electron chi connectivity index (χ0n) is 17.1. The summed E-state index contributed by atoms with van der Waals surface area (Å²) in [4.78, 5) is 36.3. The molecule has 2 aliphatic rings. The van der Waals surface area contributed by atoms with Gasteiger partial charge in [-0.2, -0.15) is 0 Å². The van der Waals surface area contributed by atoms with Crippen molar-refractivity contribution in [2.24, 2.45) is 9.98 Å². The number of thioether (sulfide) groups is 1. The Hall–Kier alpha value is -2.84. The molecule has 2 aromatic carbocycles. The Morgan fingerprint density at radius 2 is 2.10 bits per heavy atom. The van der Waals surface area contributed by atoms with Gasteiger partial charge >= 0.3 is 0 Å². The summed E-state index contributed by atoms with van der Waals surface area (Å²) in [5.41, 5.74) is 2.14. The van der Waals surface area contributed by atoms with Crippen LogP contribution in [0.2, 0.25) is 5.02 Å². The van der Waals surface area contributed by atoms with Crippen LogP contribution in [0.5, 0.6) is 5.75 Å². The number of carbonyl (C=O) groups is 2. The van der Waals surface area contributed by atoms with E-state index in [0.717, 1.165) is 17.7 Å². The molecule has 4 rings (SSSR count). The molecule has 0 aromatic heterocycles. The molecule has 0 aliphatic carbocycles. The number of carbonyl (C=O) groups excluding carboxylic acids is 2. The number of aliphatic imine (C=N–C) groups is 2. The van der Waals surface area contributed by atoms with E-state index in [1.807, 2.05) is 31.2 Å². The van der Waals surface area contributed by atoms with Gasteiger partial charge in [-0.3, -0.25) is 14.6 Å². The van der Waals surface area contributed by atoms with Crippen molar-refractivity contribution in [1.82, 2.24) is 4.90 Å². The number of methoxy groups -OCH3 is 1. The van der Waals surface area contributed by atoms with Crippen LogP contribution in [0.3, 0.4) is 0 Å². The van der Waals surface area contributed by atoms with Gasteiger partial charge in [0.05, 0.1) is 23.6 Å². The minimum absolute atomic E-state index is 0.0835. The third-order valence-electron chi connectivity index (χ3n) is 4.88. The summed E-state index contributed by atoms with van der Waals surface area (Å²) < 4.78 is 5.12. The van der Waals surface area contributed by atoms with Gasteiger partial charge in [-0.1, -0.05) is 48.8 Å². The Balaban J connectivity index is 1.51. The minimum atomic E-state index is -0.410. The first-order valence-electron chi connectivity index (χ1n) is 9.88. The van der Waals surface area contributed by atoms with Gasteiger partial charge in [0, 0.05) is 11.3 Å². The maximum absolute atomic E-state index is 13.0. The number of rotatable bonds is 6. The summed E-state index contributed by atoms with van der Waals surface area (Å²) in [6.07, 6.45) is 1.53. The van der Waals surface area contributed by atoms with E-state index in [1.54, 1.807) is 23.1 Å². The van der Waals surface area contributed by atoms with Crippen molar-refractivity contribution >= 4 is 57.6 Å². The van der Waals surface area contributed by atoms with E-state index in [1.165, 1.54) is 18.9 Å². The van der Waals surface area contributed by atoms with Gasteiger partial charge in [-0.15, -0.1) is 0 Å². The molecule has 0 saturated heterocycles. The van der Waals surface area contributed by atoms with E-state index < -0.39 is 6.04 Å². The summed E-state index contributed by atoms with van der Waals surface area (Å²) in [5, 5.41) is 3.68. The van der Waals surface area contributed by atoms with Gasteiger partial charge in [0.25, 0.3) is 5.91 Å². The fourth-order valence-electron chi connectivity index (χ4n) is 3.43. The highest BCUT2D eigenvalue weighted by atomic mass is 35.5. The number of nitrogens with zero attached hydrogens (tertiary/aromatic N) is 3. The molecule has 2 heterocycles. The average molecular weight is 457 g/mol. The third-order valence-corrected chi connectivity index (χ3v) is 6.11. The molecule has 1 N–H and O–H groups in total. The largest absolute Gasteiger partial charge is 0.495 e. The molecule has 1 atom stereocenters. The summed E-state index contributed by atoms with van der Waals surface area (Å²) in [5.74, 6) is 0.896. The lowest BCUT2D eigenvalue weighted by Gasteiger charge is -2.25. The standard InChI is InChI=1S/C22H21ClN4O3S/c1-3-6-17-21(29)27-20(25-17)14-7-4-5-8-16(14)26-22(27)31-12-19(28)24-13-9-10-18(30-2)15(23)11-13/h4-5,7-11,17H,3,6,12H2,1-2H3,(H,24,28)/t17-/m0/s1. The van der Waals surface area contributed by atoms with Crippen molar-refractivity contribution in [2.75, 3.05) is 18.2 Å². The Kier molecular flexibility index (Phi) is 6.29. The summed E-state index contributed by atoms with van der Waals surface area (Å²) in [6.45, 7) is 2.03. The highest BCUT2D eigenvalue weighted by Crippen LogP contribution is 2.34. The predicted octanol–water partition coefficient (Wildman–Crippen LogP) is 4.48. The molecular weight excluding hydrogens is 436 g/mol. The minimum Gasteiger partial charge on any atom is -0.495 e. The number of benzene rings is 2. The van der Waals surface area contributed by atoms with Crippen LogP contribution in [-0.2, 0) is 9.59 Å². The van der Waals surface area contributed by atoms with E-state index in [9.17, 15) is 9.59 Å². The lowest BCUT2D eigenvalue weighted by molar-refractivity contribution is -0.124. The number of fused-ring (bicyclic) bond motifs is 3. The molecule has 0 bridgehead atoms. The van der Waals surface area contributed by atoms with Crippen LogP contribution in [0.15, 0.2) is 52.4 Å². The number of hydrogen-bond acceptors (Lipinski definition) is 6. The molecule has 0 fully saturated rings. The van der Waals surface area contributed by atoms with Gasteiger partial charge in [-0.25, -0.2) is 9.89 Å². The molecule has 31 heavy (non-hydrogen) atoms. The second-order valence-corrected chi connectivity index (χ2v) is 8.38. The van der Waals surface area contributed by atoms with Crippen molar-refractivity contribution < 1.29 is 14.3 Å². The Morgan fingerprint density at radius 1 is 1.29 bits per heavy atom. The third kappa shape index (κ3) is 4.31. The normalized spacial score (nSPS) is 16.9. The van der Waals surface area contributed by atoms with Gasteiger partial charge in [0.2, 0.25) is 5.91 Å². The quantitative estimate of drug-likeness (QED) is 0.694. The maximum Gasteiger partial charge on any atom is 0.259 e. The first-order chi connectivity index (χ1) is 15.0. The van der Waals surface area contributed by atoms with Gasteiger partial charge < -0.3 is 10.1 Å². The highest BCUT2D eigenvalue weighted by molar-refractivity contribution is 8.14. The van der Waals surface area contributed by atoms with Crippen molar-refractivity contribution in [3.8, 4) is 5.75 Å². The number of amides is 2. The highest BCUT2D eigenvalue weighted by Gasteiger charge is 2.40. The SMILES string of the molecule is CCC[C@@H]1N=C2c3ccccc3N=C(SCC(=O)Nc3ccc(OC)c(Cl)c3)N2C1=O. The number of hydrogen-bond donors (Lipinski definition) is 1. The van der Waals surface area contributed by atoms with Crippen LogP contribution in [0, 0.1) is 0 Å². The van der Waals surface area contributed by atoms with Crippen molar-refractivity contribution in [3.05, 3.63) is 53.1 Å². The second kappa shape index (κ2) is 9.11.